The molecule has 0 amide bonds. The number of aliphatic carboxylic acids is 1. The van der Waals surface area contributed by atoms with Gasteiger partial charge in [-0.25, -0.2) is 0 Å². The van der Waals surface area contributed by atoms with Crippen molar-refractivity contribution in [3.63, 3.8) is 0 Å². The lowest BCUT2D eigenvalue weighted by Gasteiger charge is -2.07. The van der Waals surface area contributed by atoms with Gasteiger partial charge >= 0.3 is 5.97 Å². The molecule has 0 unspecified atom stereocenters. The molecule has 0 saturated heterocycles. The summed E-state index contributed by atoms with van der Waals surface area (Å²) < 4.78 is 5.31. The Bertz CT molecular complexity index is 343. The van der Waals surface area contributed by atoms with E-state index in [0.29, 0.717) is 6.61 Å². The molecular weight excluding hydrogens is 204 g/mol. The second kappa shape index (κ2) is 6.80. The molecule has 0 radical (unpaired) electrons. The Morgan fingerprint density at radius 2 is 2.12 bits per heavy atom. The monoisotopic (exact) mass is 220 g/mol. The van der Waals surface area contributed by atoms with E-state index >= 15 is 0 Å². The third kappa shape index (κ3) is 5.32. The van der Waals surface area contributed by atoms with Crippen LogP contribution in [0.2, 0.25) is 0 Å². The molecule has 0 bridgehead atoms. The third-order valence-electron chi connectivity index (χ3n) is 2.05. The van der Waals surface area contributed by atoms with Gasteiger partial charge in [-0.05, 0) is 12.5 Å². The van der Waals surface area contributed by atoms with Gasteiger partial charge in [-0.15, -0.1) is 0 Å². The van der Waals surface area contributed by atoms with Crippen molar-refractivity contribution >= 4 is 12.0 Å². The Kier molecular flexibility index (Phi) is 5.29. The molecule has 0 saturated carbocycles. The standard InChI is InChI=1S/C13H16O3/c1-11(10-13(14)15)16-9-5-8-12-6-3-2-4-7-12/h2-8,11H,9-10H2,1H3,(H,14,15)/b8-5+/t11-/m1/s1. The molecule has 3 nitrogen and oxygen atoms in total. The topological polar surface area (TPSA) is 46.5 Å². The summed E-state index contributed by atoms with van der Waals surface area (Å²) in [6, 6.07) is 9.89. The Balaban J connectivity index is 2.25. The summed E-state index contributed by atoms with van der Waals surface area (Å²) in [7, 11) is 0. The van der Waals surface area contributed by atoms with Crippen LogP contribution in [0, 0.1) is 0 Å². The maximum absolute atomic E-state index is 10.4. The van der Waals surface area contributed by atoms with Gasteiger partial charge in [0.15, 0.2) is 0 Å². The summed E-state index contributed by atoms with van der Waals surface area (Å²) in [4.78, 5) is 10.4. The lowest BCUT2D eigenvalue weighted by atomic mass is 10.2. The van der Waals surface area contributed by atoms with Gasteiger partial charge in [-0.2, -0.15) is 0 Å². The number of hydrogen-bond acceptors (Lipinski definition) is 2. The number of carboxylic acid groups (broad SMARTS) is 1. The van der Waals surface area contributed by atoms with E-state index < -0.39 is 5.97 Å². The van der Waals surface area contributed by atoms with E-state index in [0.717, 1.165) is 5.56 Å². The van der Waals surface area contributed by atoms with Gasteiger partial charge in [0.1, 0.15) is 0 Å². The molecule has 0 spiro atoms. The van der Waals surface area contributed by atoms with Gasteiger partial charge in [0.2, 0.25) is 0 Å². The number of ether oxygens (including phenoxy) is 1. The zero-order valence-corrected chi connectivity index (χ0v) is 9.30. The molecule has 0 aliphatic heterocycles. The van der Waals surface area contributed by atoms with Crippen LogP contribution in [0.25, 0.3) is 6.08 Å². The summed E-state index contributed by atoms with van der Waals surface area (Å²) in [6.07, 6.45) is 3.62. The Labute approximate surface area is 95.4 Å². The highest BCUT2D eigenvalue weighted by atomic mass is 16.5. The Hall–Kier alpha value is -1.61. The highest BCUT2D eigenvalue weighted by molar-refractivity contribution is 5.67. The molecule has 0 fully saturated rings. The minimum absolute atomic E-state index is 0.0409. The molecule has 1 aromatic carbocycles. The fraction of sp³-hybridized carbons (Fsp3) is 0.308. The van der Waals surface area contributed by atoms with Crippen LogP contribution in [0.5, 0.6) is 0 Å². The van der Waals surface area contributed by atoms with Crippen molar-refractivity contribution in [3.05, 3.63) is 42.0 Å². The molecule has 0 aliphatic rings. The van der Waals surface area contributed by atoms with E-state index in [1.54, 1.807) is 6.92 Å². The normalized spacial score (nSPS) is 12.8. The first-order valence-corrected chi connectivity index (χ1v) is 5.23. The number of carbonyl (C=O) groups is 1. The van der Waals surface area contributed by atoms with Crippen LogP contribution in [0.4, 0.5) is 0 Å². The van der Waals surface area contributed by atoms with E-state index in [-0.39, 0.29) is 12.5 Å². The summed E-state index contributed by atoms with van der Waals surface area (Å²) in [5.74, 6) is -0.834. The van der Waals surface area contributed by atoms with Crippen LogP contribution in [-0.4, -0.2) is 23.8 Å². The number of benzene rings is 1. The Morgan fingerprint density at radius 3 is 2.75 bits per heavy atom. The average molecular weight is 220 g/mol. The SMILES string of the molecule is C[C@H](CC(=O)O)OC/C=C/c1ccccc1. The molecular formula is C13H16O3. The minimum atomic E-state index is -0.834. The van der Waals surface area contributed by atoms with Crippen molar-refractivity contribution in [1.82, 2.24) is 0 Å². The van der Waals surface area contributed by atoms with Crippen LogP contribution in [-0.2, 0) is 9.53 Å². The average Bonchev–Trinajstić information content (AvgIpc) is 2.25. The van der Waals surface area contributed by atoms with Gasteiger partial charge in [0.05, 0.1) is 19.1 Å². The largest absolute Gasteiger partial charge is 0.481 e. The predicted octanol–water partition coefficient (Wildman–Crippen LogP) is 2.58. The predicted molar refractivity (Wildman–Crippen MR) is 63.1 cm³/mol. The number of carboxylic acids is 1. The van der Waals surface area contributed by atoms with Gasteiger partial charge in [-0.3, -0.25) is 4.79 Å². The quantitative estimate of drug-likeness (QED) is 0.801. The van der Waals surface area contributed by atoms with Gasteiger partial charge < -0.3 is 9.84 Å². The molecule has 16 heavy (non-hydrogen) atoms. The molecule has 0 aliphatic carbocycles. The zero-order valence-electron chi connectivity index (χ0n) is 9.30. The molecule has 0 aromatic heterocycles. The van der Waals surface area contributed by atoms with Crippen LogP contribution < -0.4 is 0 Å². The maximum atomic E-state index is 10.4. The van der Waals surface area contributed by atoms with Crippen LogP contribution in [0.15, 0.2) is 36.4 Å². The van der Waals surface area contributed by atoms with Gasteiger partial charge in [0.25, 0.3) is 0 Å². The molecule has 1 rings (SSSR count). The minimum Gasteiger partial charge on any atom is -0.481 e. The van der Waals surface area contributed by atoms with E-state index in [9.17, 15) is 4.79 Å². The van der Waals surface area contributed by atoms with Gasteiger partial charge in [0, 0.05) is 0 Å². The summed E-state index contributed by atoms with van der Waals surface area (Å²) in [5, 5.41) is 8.52. The smallest absolute Gasteiger partial charge is 0.305 e. The number of hydrogen-bond donors (Lipinski definition) is 1. The highest BCUT2D eigenvalue weighted by Crippen LogP contribution is 2.02. The summed E-state index contributed by atoms with van der Waals surface area (Å²) in [6.45, 7) is 2.19. The highest BCUT2D eigenvalue weighted by Gasteiger charge is 2.05. The van der Waals surface area contributed by atoms with Crippen molar-refractivity contribution < 1.29 is 14.6 Å². The first-order chi connectivity index (χ1) is 7.68. The third-order valence-corrected chi connectivity index (χ3v) is 2.05. The van der Waals surface area contributed by atoms with Crippen molar-refractivity contribution in [3.8, 4) is 0 Å². The molecule has 1 N–H and O–H groups in total. The van der Waals surface area contributed by atoms with E-state index in [1.165, 1.54) is 0 Å². The van der Waals surface area contributed by atoms with Crippen LogP contribution in [0.3, 0.4) is 0 Å². The van der Waals surface area contributed by atoms with Crippen molar-refractivity contribution in [2.24, 2.45) is 0 Å². The van der Waals surface area contributed by atoms with Crippen LogP contribution >= 0.6 is 0 Å². The first kappa shape index (κ1) is 12.5. The molecule has 1 atom stereocenters. The zero-order chi connectivity index (χ0) is 11.8. The number of rotatable bonds is 6. The first-order valence-electron chi connectivity index (χ1n) is 5.23. The van der Waals surface area contributed by atoms with Crippen LogP contribution in [0.1, 0.15) is 18.9 Å². The van der Waals surface area contributed by atoms with Crippen molar-refractivity contribution in [2.75, 3.05) is 6.61 Å². The van der Waals surface area contributed by atoms with Gasteiger partial charge in [-0.1, -0.05) is 42.5 Å². The summed E-state index contributed by atoms with van der Waals surface area (Å²) in [5.41, 5.74) is 1.11. The molecule has 3 heteroatoms. The van der Waals surface area contributed by atoms with Crippen molar-refractivity contribution in [2.45, 2.75) is 19.4 Å². The second-order valence-electron chi connectivity index (χ2n) is 3.55. The fourth-order valence-corrected chi connectivity index (χ4v) is 1.27. The maximum Gasteiger partial charge on any atom is 0.305 e. The molecule has 0 heterocycles. The molecule has 86 valence electrons. The second-order valence-corrected chi connectivity index (χ2v) is 3.55. The van der Waals surface area contributed by atoms with E-state index in [2.05, 4.69) is 0 Å². The van der Waals surface area contributed by atoms with E-state index in [1.807, 2.05) is 42.5 Å². The van der Waals surface area contributed by atoms with E-state index in [4.69, 9.17) is 9.84 Å². The summed E-state index contributed by atoms with van der Waals surface area (Å²) >= 11 is 0. The fourth-order valence-electron chi connectivity index (χ4n) is 1.27. The lowest BCUT2D eigenvalue weighted by molar-refractivity contribution is -0.139. The van der Waals surface area contributed by atoms with Crippen molar-refractivity contribution in [1.29, 1.82) is 0 Å². The molecule has 1 aromatic rings. The lowest BCUT2D eigenvalue weighted by Crippen LogP contribution is -2.13. The Morgan fingerprint density at radius 1 is 1.44 bits per heavy atom.